The predicted molar refractivity (Wildman–Crippen MR) is 57.3 cm³/mol. The Bertz CT molecular complexity index is 389. The van der Waals surface area contributed by atoms with Gasteiger partial charge in [-0.25, -0.2) is 4.98 Å². The Kier molecular flexibility index (Phi) is 3.05. The number of carbonyl (C=O) groups is 1. The highest BCUT2D eigenvalue weighted by Gasteiger charge is 2.29. The number of nitrogens with zero attached hydrogens (tertiary/aromatic N) is 1. The Hall–Kier alpha value is -1.62. The number of aromatic nitrogens is 1. The lowest BCUT2D eigenvalue weighted by Gasteiger charge is -2.31. The van der Waals surface area contributed by atoms with Crippen LogP contribution in [-0.4, -0.2) is 35.3 Å². The number of aliphatic hydroxyl groups is 1. The molecule has 1 aliphatic rings. The second kappa shape index (κ2) is 4.49. The molecule has 0 aromatic carbocycles. The molecule has 1 amide bonds. The Morgan fingerprint density at radius 2 is 2.38 bits per heavy atom. The van der Waals surface area contributed by atoms with Crippen molar-refractivity contribution < 1.29 is 14.6 Å². The topological polar surface area (TPSA) is 71.5 Å². The Morgan fingerprint density at radius 1 is 1.62 bits per heavy atom. The van der Waals surface area contributed by atoms with E-state index in [0.29, 0.717) is 24.3 Å². The molecule has 2 rings (SSSR count). The molecule has 1 fully saturated rings. The Labute approximate surface area is 93.5 Å². The summed E-state index contributed by atoms with van der Waals surface area (Å²) in [6.07, 6.45) is 2.53. The summed E-state index contributed by atoms with van der Waals surface area (Å²) >= 11 is 0. The average molecular weight is 222 g/mol. The van der Waals surface area contributed by atoms with E-state index in [1.165, 1.54) is 7.11 Å². The summed E-state index contributed by atoms with van der Waals surface area (Å²) in [7, 11) is 1.48. The van der Waals surface area contributed by atoms with E-state index in [0.717, 1.165) is 0 Å². The number of ether oxygens (including phenoxy) is 1. The van der Waals surface area contributed by atoms with Gasteiger partial charge in [-0.3, -0.25) is 4.79 Å². The number of pyridine rings is 1. The van der Waals surface area contributed by atoms with Gasteiger partial charge in [0.1, 0.15) is 5.56 Å². The maximum absolute atomic E-state index is 11.8. The smallest absolute Gasteiger partial charge is 0.256 e. The minimum Gasteiger partial charge on any atom is -0.480 e. The average Bonchev–Trinajstić information content (AvgIpc) is 2.27. The number of rotatable bonds is 3. The third kappa shape index (κ3) is 2.14. The van der Waals surface area contributed by atoms with Gasteiger partial charge in [0.15, 0.2) is 0 Å². The van der Waals surface area contributed by atoms with Crippen LogP contribution in [0.5, 0.6) is 5.88 Å². The van der Waals surface area contributed by atoms with Crippen LogP contribution in [0.3, 0.4) is 0 Å². The predicted octanol–water partition coefficient (Wildman–Crippen LogP) is 0.343. The molecule has 0 radical (unpaired) electrons. The summed E-state index contributed by atoms with van der Waals surface area (Å²) in [4.78, 5) is 15.8. The number of amides is 1. The summed E-state index contributed by atoms with van der Waals surface area (Å²) in [5.74, 6) is 0.113. The van der Waals surface area contributed by atoms with E-state index in [-0.39, 0.29) is 18.1 Å². The first kappa shape index (κ1) is 10.9. The van der Waals surface area contributed by atoms with Crippen LogP contribution in [0, 0.1) is 0 Å². The molecule has 1 heterocycles. The van der Waals surface area contributed by atoms with Gasteiger partial charge >= 0.3 is 0 Å². The Balaban J connectivity index is 2.03. The van der Waals surface area contributed by atoms with E-state index in [1.54, 1.807) is 18.3 Å². The zero-order valence-corrected chi connectivity index (χ0v) is 9.01. The lowest BCUT2D eigenvalue weighted by Crippen LogP contribution is -2.46. The van der Waals surface area contributed by atoms with Gasteiger partial charge in [0.05, 0.1) is 13.2 Å². The third-order valence-electron chi connectivity index (χ3n) is 2.66. The van der Waals surface area contributed by atoms with Gasteiger partial charge in [0.2, 0.25) is 5.88 Å². The summed E-state index contributed by atoms with van der Waals surface area (Å²) in [6.45, 7) is 0. The molecule has 1 saturated carbocycles. The molecule has 0 atom stereocenters. The standard InChI is InChI=1S/C11H14N2O3/c1-16-11-9(3-2-4-12-11)10(15)13-7-5-8(14)6-7/h2-4,7-8,14H,5-6H2,1H3,(H,13,15). The molecule has 1 aromatic rings. The maximum Gasteiger partial charge on any atom is 0.256 e. The van der Waals surface area contributed by atoms with E-state index in [9.17, 15) is 4.79 Å². The molecule has 86 valence electrons. The van der Waals surface area contributed by atoms with Gasteiger partial charge in [0, 0.05) is 12.2 Å². The molecule has 0 unspecified atom stereocenters. The molecule has 1 aliphatic carbocycles. The zero-order chi connectivity index (χ0) is 11.5. The van der Waals surface area contributed by atoms with E-state index >= 15 is 0 Å². The third-order valence-corrected chi connectivity index (χ3v) is 2.66. The lowest BCUT2D eigenvalue weighted by molar-refractivity contribution is 0.0561. The van der Waals surface area contributed by atoms with Gasteiger partial charge < -0.3 is 15.2 Å². The van der Waals surface area contributed by atoms with Crippen LogP contribution in [0.25, 0.3) is 0 Å². The van der Waals surface area contributed by atoms with Crippen molar-refractivity contribution in [2.45, 2.75) is 25.0 Å². The highest BCUT2D eigenvalue weighted by atomic mass is 16.5. The van der Waals surface area contributed by atoms with Gasteiger partial charge in [-0.2, -0.15) is 0 Å². The molecule has 5 nitrogen and oxygen atoms in total. The summed E-state index contributed by atoms with van der Waals surface area (Å²) < 4.78 is 5.00. The van der Waals surface area contributed by atoms with Crippen LogP contribution in [0.1, 0.15) is 23.2 Å². The van der Waals surface area contributed by atoms with Crippen molar-refractivity contribution in [3.05, 3.63) is 23.9 Å². The number of hydrogen-bond acceptors (Lipinski definition) is 4. The minimum absolute atomic E-state index is 0.0624. The normalized spacial score (nSPS) is 23.4. The molecule has 0 spiro atoms. The largest absolute Gasteiger partial charge is 0.480 e. The van der Waals surface area contributed by atoms with Crippen molar-refractivity contribution in [2.24, 2.45) is 0 Å². The maximum atomic E-state index is 11.8. The molecule has 5 heteroatoms. The summed E-state index contributed by atoms with van der Waals surface area (Å²) in [6, 6.07) is 3.41. The van der Waals surface area contributed by atoms with Crippen LogP contribution in [0.4, 0.5) is 0 Å². The fourth-order valence-corrected chi connectivity index (χ4v) is 1.70. The van der Waals surface area contributed by atoms with Crippen molar-refractivity contribution in [3.8, 4) is 5.88 Å². The molecule has 0 aliphatic heterocycles. The first-order valence-electron chi connectivity index (χ1n) is 5.18. The minimum atomic E-state index is -0.277. The van der Waals surface area contributed by atoms with E-state index in [2.05, 4.69) is 10.3 Å². The first-order chi connectivity index (χ1) is 7.70. The number of methoxy groups -OCH3 is 1. The lowest BCUT2D eigenvalue weighted by atomic mass is 9.89. The van der Waals surface area contributed by atoms with Crippen LogP contribution in [0.2, 0.25) is 0 Å². The van der Waals surface area contributed by atoms with Crippen LogP contribution in [-0.2, 0) is 0 Å². The van der Waals surface area contributed by atoms with Crippen molar-refractivity contribution in [1.29, 1.82) is 0 Å². The quantitative estimate of drug-likeness (QED) is 0.773. The van der Waals surface area contributed by atoms with Gasteiger partial charge in [-0.05, 0) is 25.0 Å². The highest BCUT2D eigenvalue weighted by Crippen LogP contribution is 2.21. The number of aliphatic hydroxyl groups excluding tert-OH is 1. The molecular formula is C11H14N2O3. The molecule has 0 saturated heterocycles. The fraction of sp³-hybridized carbons (Fsp3) is 0.455. The fourth-order valence-electron chi connectivity index (χ4n) is 1.70. The molecular weight excluding hydrogens is 208 g/mol. The van der Waals surface area contributed by atoms with Crippen molar-refractivity contribution in [2.75, 3.05) is 7.11 Å². The van der Waals surface area contributed by atoms with Crippen LogP contribution in [0.15, 0.2) is 18.3 Å². The molecule has 2 N–H and O–H groups in total. The van der Waals surface area contributed by atoms with Gasteiger partial charge in [0.25, 0.3) is 5.91 Å². The second-order valence-electron chi connectivity index (χ2n) is 3.86. The second-order valence-corrected chi connectivity index (χ2v) is 3.86. The molecule has 16 heavy (non-hydrogen) atoms. The van der Waals surface area contributed by atoms with E-state index in [1.807, 2.05) is 0 Å². The number of nitrogens with one attached hydrogen (secondary N) is 1. The first-order valence-corrected chi connectivity index (χ1v) is 5.18. The van der Waals surface area contributed by atoms with Crippen LogP contribution < -0.4 is 10.1 Å². The van der Waals surface area contributed by atoms with Crippen LogP contribution >= 0.6 is 0 Å². The number of hydrogen-bond donors (Lipinski definition) is 2. The van der Waals surface area contributed by atoms with Gasteiger partial charge in [-0.1, -0.05) is 0 Å². The zero-order valence-electron chi connectivity index (χ0n) is 9.01. The van der Waals surface area contributed by atoms with E-state index < -0.39 is 0 Å². The summed E-state index contributed by atoms with van der Waals surface area (Å²) in [5, 5.41) is 11.9. The monoisotopic (exact) mass is 222 g/mol. The highest BCUT2D eigenvalue weighted by molar-refractivity contribution is 5.96. The number of carbonyl (C=O) groups excluding carboxylic acids is 1. The summed E-state index contributed by atoms with van der Waals surface area (Å²) in [5.41, 5.74) is 0.423. The van der Waals surface area contributed by atoms with Crippen molar-refractivity contribution in [1.82, 2.24) is 10.3 Å². The Morgan fingerprint density at radius 3 is 3.00 bits per heavy atom. The van der Waals surface area contributed by atoms with E-state index in [4.69, 9.17) is 9.84 Å². The SMILES string of the molecule is COc1ncccc1C(=O)NC1CC(O)C1. The van der Waals surface area contributed by atoms with Gasteiger partial charge in [-0.15, -0.1) is 0 Å². The molecule has 1 aromatic heterocycles. The van der Waals surface area contributed by atoms with Crippen molar-refractivity contribution in [3.63, 3.8) is 0 Å². The molecule has 0 bridgehead atoms. The van der Waals surface area contributed by atoms with Crippen molar-refractivity contribution >= 4 is 5.91 Å².